The zero-order chi connectivity index (χ0) is 20.0. The zero-order valence-electron chi connectivity index (χ0n) is 15.6. The average Bonchev–Trinajstić information content (AvgIpc) is 2.59. The van der Waals surface area contributed by atoms with Crippen LogP contribution in [0.4, 0.5) is 0 Å². The normalized spacial score (nSPS) is 11.0. The van der Waals surface area contributed by atoms with Gasteiger partial charge in [-0.3, -0.25) is 9.36 Å². The lowest BCUT2D eigenvalue weighted by atomic mass is 10.2. The van der Waals surface area contributed by atoms with E-state index in [0.717, 1.165) is 0 Å². The summed E-state index contributed by atoms with van der Waals surface area (Å²) in [5.41, 5.74) is 0.702. The summed E-state index contributed by atoms with van der Waals surface area (Å²) in [6.45, 7) is 4.31. The fraction of sp³-hybridized carbons (Fsp3) is 0.263. The van der Waals surface area contributed by atoms with Gasteiger partial charge in [0.1, 0.15) is 22.8 Å². The highest BCUT2D eigenvalue weighted by Crippen LogP contribution is 2.39. The van der Waals surface area contributed by atoms with Crippen molar-refractivity contribution in [3.63, 3.8) is 0 Å². The fourth-order valence-electron chi connectivity index (χ4n) is 2.20. The van der Waals surface area contributed by atoms with E-state index < -0.39 is 19.3 Å². The van der Waals surface area contributed by atoms with Crippen LogP contribution < -0.4 is 14.2 Å². The van der Waals surface area contributed by atoms with E-state index in [0.29, 0.717) is 11.3 Å². The molecule has 0 fully saturated rings. The smallest absolute Gasteiger partial charge is 0.347 e. The topological polar surface area (TPSA) is 88.1 Å². The van der Waals surface area contributed by atoms with E-state index in [2.05, 4.69) is 0 Å². The first-order valence-corrected chi connectivity index (χ1v) is 10.6. The van der Waals surface area contributed by atoms with Gasteiger partial charge in [-0.05, 0) is 30.3 Å². The number of methoxy groups -OCH3 is 1. The molecule has 144 valence electrons. The van der Waals surface area contributed by atoms with E-state index in [1.54, 1.807) is 30.3 Å². The van der Waals surface area contributed by atoms with Gasteiger partial charge in [-0.15, -0.1) is 0 Å². The third-order valence-electron chi connectivity index (χ3n) is 3.35. The second-order valence-corrected chi connectivity index (χ2v) is 8.74. The number of rotatable bonds is 7. The van der Waals surface area contributed by atoms with Gasteiger partial charge in [-0.25, -0.2) is 4.79 Å². The fourth-order valence-corrected chi connectivity index (χ4v) is 2.65. The Bertz CT molecular complexity index is 885. The maximum absolute atomic E-state index is 12.5. The van der Waals surface area contributed by atoms with Crippen LogP contribution in [-0.2, 0) is 20.5 Å². The quantitative estimate of drug-likeness (QED) is 0.401. The van der Waals surface area contributed by atoms with Gasteiger partial charge in [0.05, 0.1) is 13.7 Å². The number of para-hydroxylation sites is 1. The number of hydrogen-bond acceptors (Lipinski definition) is 7. The maximum Gasteiger partial charge on any atom is 0.347 e. The first kappa shape index (κ1) is 20.7. The third-order valence-corrected chi connectivity index (χ3v) is 4.10. The van der Waals surface area contributed by atoms with Crippen molar-refractivity contribution in [2.75, 3.05) is 20.4 Å². The molecule has 0 unspecified atom stereocenters. The molecule has 0 saturated carbocycles. The second kappa shape index (κ2) is 8.84. The van der Waals surface area contributed by atoms with Crippen LogP contribution in [0, 0.1) is 0 Å². The molecule has 2 aromatic carbocycles. The Kier molecular flexibility index (Phi) is 6.77. The molecule has 7 nitrogen and oxygen atoms in total. The Labute approximate surface area is 157 Å². The van der Waals surface area contributed by atoms with Gasteiger partial charge in [0.25, 0.3) is 0 Å². The van der Waals surface area contributed by atoms with E-state index in [4.69, 9.17) is 18.7 Å². The van der Waals surface area contributed by atoms with Gasteiger partial charge in [0, 0.05) is 25.8 Å². The van der Waals surface area contributed by atoms with Crippen LogP contribution >= 0.6 is 7.37 Å². The molecular formula is C19H21O7P. The first-order valence-electron chi connectivity index (χ1n) is 8.05. The highest BCUT2D eigenvalue weighted by atomic mass is 31.2. The van der Waals surface area contributed by atoms with Crippen molar-refractivity contribution in [2.45, 2.75) is 13.5 Å². The second-order valence-electron chi connectivity index (χ2n) is 5.98. The molecule has 0 aromatic heterocycles. The van der Waals surface area contributed by atoms with Crippen LogP contribution in [0.2, 0.25) is 0 Å². The van der Waals surface area contributed by atoms with Crippen LogP contribution in [-0.4, -0.2) is 32.4 Å². The van der Waals surface area contributed by atoms with Crippen molar-refractivity contribution in [3.05, 3.63) is 53.6 Å². The monoisotopic (exact) mass is 392 g/mol. The molecule has 0 N–H and O–H groups in total. The molecule has 0 aliphatic carbocycles. The minimum atomic E-state index is -2.68. The number of benzene rings is 2. The standard InChI is InChI=1S/C19H21O7P/c1-13(20)25-18-8-6-5-7-16(18)19(21)26-15-9-10-17(23-2)14(11-15)12-24-27(3,4)22/h5-11H,12H2,1-4H3. The van der Waals surface area contributed by atoms with E-state index in [9.17, 15) is 14.2 Å². The zero-order valence-corrected chi connectivity index (χ0v) is 16.4. The van der Waals surface area contributed by atoms with Crippen molar-refractivity contribution in [1.82, 2.24) is 0 Å². The molecule has 0 saturated heterocycles. The molecule has 0 bridgehead atoms. The van der Waals surface area contributed by atoms with Crippen LogP contribution in [0.1, 0.15) is 22.8 Å². The van der Waals surface area contributed by atoms with Crippen molar-refractivity contribution in [3.8, 4) is 17.2 Å². The minimum Gasteiger partial charge on any atom is -0.496 e. The highest BCUT2D eigenvalue weighted by Gasteiger charge is 2.17. The Morgan fingerprint density at radius 3 is 2.33 bits per heavy atom. The van der Waals surface area contributed by atoms with Crippen LogP contribution in [0.5, 0.6) is 17.2 Å². The largest absolute Gasteiger partial charge is 0.496 e. The lowest BCUT2D eigenvalue weighted by Crippen LogP contribution is -2.12. The van der Waals surface area contributed by atoms with Crippen molar-refractivity contribution in [2.24, 2.45) is 0 Å². The summed E-state index contributed by atoms with van der Waals surface area (Å²) in [7, 11) is -1.19. The van der Waals surface area contributed by atoms with Crippen LogP contribution in [0.25, 0.3) is 0 Å². The van der Waals surface area contributed by atoms with Crippen LogP contribution in [0.15, 0.2) is 42.5 Å². The van der Waals surface area contributed by atoms with E-state index >= 15 is 0 Å². The summed E-state index contributed by atoms with van der Waals surface area (Å²) in [4.78, 5) is 23.7. The van der Waals surface area contributed by atoms with E-state index in [1.807, 2.05) is 0 Å². The van der Waals surface area contributed by atoms with Gasteiger partial charge in [-0.2, -0.15) is 0 Å². The lowest BCUT2D eigenvalue weighted by Gasteiger charge is -2.14. The molecule has 0 aliphatic rings. The van der Waals surface area contributed by atoms with Gasteiger partial charge in [0.2, 0.25) is 0 Å². The molecule has 0 spiro atoms. The highest BCUT2D eigenvalue weighted by molar-refractivity contribution is 7.57. The van der Waals surface area contributed by atoms with Crippen molar-refractivity contribution >= 4 is 19.3 Å². The summed E-state index contributed by atoms with van der Waals surface area (Å²) >= 11 is 0. The first-order chi connectivity index (χ1) is 12.7. The maximum atomic E-state index is 12.5. The molecule has 0 radical (unpaired) electrons. The molecule has 0 atom stereocenters. The summed E-state index contributed by atoms with van der Waals surface area (Å²) < 4.78 is 32.8. The van der Waals surface area contributed by atoms with E-state index in [-0.39, 0.29) is 23.7 Å². The number of hydrogen-bond donors (Lipinski definition) is 0. The molecule has 2 aromatic rings. The van der Waals surface area contributed by atoms with Gasteiger partial charge >= 0.3 is 11.9 Å². The molecular weight excluding hydrogens is 371 g/mol. The number of esters is 2. The van der Waals surface area contributed by atoms with E-state index in [1.165, 1.54) is 39.5 Å². The van der Waals surface area contributed by atoms with Gasteiger partial charge < -0.3 is 18.7 Å². The molecule has 0 aliphatic heterocycles. The van der Waals surface area contributed by atoms with Crippen LogP contribution in [0.3, 0.4) is 0 Å². The Hall–Kier alpha value is -2.63. The lowest BCUT2D eigenvalue weighted by molar-refractivity contribution is -0.131. The minimum absolute atomic E-state index is 0.0445. The number of ether oxygens (including phenoxy) is 3. The Balaban J connectivity index is 2.23. The van der Waals surface area contributed by atoms with Gasteiger partial charge in [-0.1, -0.05) is 12.1 Å². The number of carbonyl (C=O) groups excluding carboxylic acids is 2. The Morgan fingerprint density at radius 2 is 1.70 bits per heavy atom. The number of carbonyl (C=O) groups is 2. The predicted octanol–water partition coefficient (Wildman–Crippen LogP) is 3.89. The summed E-state index contributed by atoms with van der Waals surface area (Å²) in [6.07, 6.45) is 0. The summed E-state index contributed by atoms with van der Waals surface area (Å²) in [5.74, 6) is -0.337. The predicted molar refractivity (Wildman–Crippen MR) is 99.9 cm³/mol. The Morgan fingerprint density at radius 1 is 1.00 bits per heavy atom. The molecule has 27 heavy (non-hydrogen) atoms. The van der Waals surface area contributed by atoms with Gasteiger partial charge in [0.15, 0.2) is 7.37 Å². The molecule has 2 rings (SSSR count). The molecule has 8 heteroatoms. The summed E-state index contributed by atoms with van der Waals surface area (Å²) in [5, 5.41) is 0. The molecule has 0 heterocycles. The average molecular weight is 392 g/mol. The summed E-state index contributed by atoms with van der Waals surface area (Å²) in [6, 6.07) is 11.0. The third kappa shape index (κ3) is 6.24. The van der Waals surface area contributed by atoms with Crippen molar-refractivity contribution in [1.29, 1.82) is 0 Å². The molecule has 0 amide bonds. The SMILES string of the molecule is COc1ccc(OC(=O)c2ccccc2OC(C)=O)cc1COP(C)(C)=O. The van der Waals surface area contributed by atoms with Crippen molar-refractivity contribution < 1.29 is 32.9 Å².